The summed E-state index contributed by atoms with van der Waals surface area (Å²) in [6.45, 7) is 23.9. The lowest BCUT2D eigenvalue weighted by Gasteiger charge is -2.45. The van der Waals surface area contributed by atoms with Gasteiger partial charge in [-0.15, -0.1) is 0 Å². The molecule has 3 aromatic rings. The topological polar surface area (TPSA) is 78.3 Å². The van der Waals surface area contributed by atoms with Crippen LogP contribution in [0.1, 0.15) is 98.9 Å². The fourth-order valence-electron chi connectivity index (χ4n) is 7.86. The number of fused-ring (bicyclic) bond motifs is 2. The van der Waals surface area contributed by atoms with Gasteiger partial charge in [-0.1, -0.05) is 32.4 Å². The third kappa shape index (κ3) is 7.03. The molecular formula is C39H57BN4O5. The molecular weight excluding hydrogens is 615 g/mol. The number of carbonyl (C=O) groups is 1. The zero-order valence-electron chi connectivity index (χ0n) is 31.5. The number of nitrogens with zero attached hydrogens (tertiary/aromatic N) is 4. The van der Waals surface area contributed by atoms with Crippen LogP contribution in [0.4, 0.5) is 5.69 Å². The number of methoxy groups -OCH3 is 1. The molecule has 6 rings (SSSR count). The average molecular weight is 673 g/mol. The third-order valence-electron chi connectivity index (χ3n) is 11.5. The second kappa shape index (κ2) is 13.7. The maximum Gasteiger partial charge on any atom is 0.494 e. The van der Waals surface area contributed by atoms with E-state index in [1.165, 1.54) is 38.3 Å². The third-order valence-corrected chi connectivity index (χ3v) is 11.5. The maximum absolute atomic E-state index is 11.9. The summed E-state index contributed by atoms with van der Waals surface area (Å²) in [5, 5.41) is 1.15. The van der Waals surface area contributed by atoms with Crippen LogP contribution in [0.15, 0.2) is 30.5 Å². The first-order valence-electron chi connectivity index (χ1n) is 18.3. The van der Waals surface area contributed by atoms with E-state index in [0.717, 1.165) is 65.2 Å². The molecule has 10 heteroatoms. The monoisotopic (exact) mass is 672 g/mol. The van der Waals surface area contributed by atoms with Crippen LogP contribution in [-0.4, -0.2) is 84.7 Å². The molecule has 1 aromatic carbocycles. The van der Waals surface area contributed by atoms with E-state index in [4.69, 9.17) is 23.8 Å². The van der Waals surface area contributed by atoms with Crippen LogP contribution in [0.5, 0.6) is 0 Å². The van der Waals surface area contributed by atoms with Gasteiger partial charge in [-0.3, -0.25) is 14.7 Å². The highest BCUT2D eigenvalue weighted by Crippen LogP contribution is 2.43. The lowest BCUT2D eigenvalue weighted by atomic mass is 9.77. The van der Waals surface area contributed by atoms with Crippen LogP contribution < -0.4 is 10.4 Å². The van der Waals surface area contributed by atoms with Gasteiger partial charge < -0.3 is 28.2 Å². The Balaban J connectivity index is 1.52. The number of piperazine rings is 1. The minimum Gasteiger partial charge on any atom is -0.465 e. The van der Waals surface area contributed by atoms with Gasteiger partial charge in [0.25, 0.3) is 0 Å². The number of esters is 1. The van der Waals surface area contributed by atoms with Crippen molar-refractivity contribution in [2.75, 3.05) is 44.8 Å². The highest BCUT2D eigenvalue weighted by Gasteiger charge is 2.51. The normalized spacial score (nSPS) is 21.6. The quantitative estimate of drug-likeness (QED) is 0.178. The molecule has 49 heavy (non-hydrogen) atoms. The molecule has 2 atom stereocenters. The highest BCUT2D eigenvalue weighted by molar-refractivity contribution is 6.62. The summed E-state index contributed by atoms with van der Waals surface area (Å²) in [6.07, 6.45) is 6.40. The zero-order valence-corrected chi connectivity index (χ0v) is 31.5. The molecule has 0 amide bonds. The Kier molecular flexibility index (Phi) is 10.0. The van der Waals surface area contributed by atoms with Crippen molar-refractivity contribution in [3.8, 4) is 11.3 Å². The first kappa shape index (κ1) is 35.9. The molecule has 2 aromatic heterocycles. The fraction of sp³-hybridized carbons (Fsp3) is 0.641. The van der Waals surface area contributed by atoms with Crippen LogP contribution in [0.3, 0.4) is 0 Å². The maximum atomic E-state index is 11.9. The first-order chi connectivity index (χ1) is 23.1. The Labute approximate surface area is 293 Å². The molecule has 0 bridgehead atoms. The van der Waals surface area contributed by atoms with Gasteiger partial charge in [0.2, 0.25) is 0 Å². The number of aryl methyl sites for hydroxylation is 1. The van der Waals surface area contributed by atoms with Crippen LogP contribution in [0.25, 0.3) is 22.2 Å². The number of hydrogen-bond donors (Lipinski definition) is 0. The molecule has 1 unspecified atom stereocenters. The van der Waals surface area contributed by atoms with Gasteiger partial charge in [0.05, 0.1) is 47.2 Å². The van der Waals surface area contributed by atoms with E-state index >= 15 is 0 Å². The summed E-state index contributed by atoms with van der Waals surface area (Å²) >= 11 is 0. The van der Waals surface area contributed by atoms with Crippen LogP contribution in [-0.2, 0) is 36.5 Å². The summed E-state index contributed by atoms with van der Waals surface area (Å²) in [7, 11) is 1.28. The summed E-state index contributed by atoms with van der Waals surface area (Å²) in [5.74, 6) is -0.265. The predicted molar refractivity (Wildman–Crippen MR) is 198 cm³/mol. The largest absolute Gasteiger partial charge is 0.494 e. The molecule has 3 aliphatic rings. The molecule has 5 heterocycles. The second-order valence-corrected chi connectivity index (χ2v) is 16.2. The summed E-state index contributed by atoms with van der Waals surface area (Å²) in [6, 6.07) is 9.56. The van der Waals surface area contributed by atoms with E-state index in [-0.39, 0.29) is 17.5 Å². The Hall–Kier alpha value is -2.92. The van der Waals surface area contributed by atoms with Gasteiger partial charge in [0.15, 0.2) is 0 Å². The van der Waals surface area contributed by atoms with Crippen LogP contribution in [0.2, 0.25) is 0 Å². The van der Waals surface area contributed by atoms with Gasteiger partial charge in [0, 0.05) is 68.1 Å². The van der Waals surface area contributed by atoms with Crippen molar-refractivity contribution < 1.29 is 23.6 Å². The van der Waals surface area contributed by atoms with Crippen LogP contribution >= 0.6 is 0 Å². The molecule has 3 saturated heterocycles. The van der Waals surface area contributed by atoms with Crippen molar-refractivity contribution in [1.82, 2.24) is 14.5 Å². The summed E-state index contributed by atoms with van der Waals surface area (Å²) in [5.41, 5.74) is 6.44. The molecule has 0 N–H and O–H groups in total. The molecule has 0 radical (unpaired) electrons. The predicted octanol–water partition coefficient (Wildman–Crippen LogP) is 6.54. The number of pyridine rings is 1. The van der Waals surface area contributed by atoms with E-state index in [1.54, 1.807) is 7.11 Å². The average Bonchev–Trinajstić information content (AvgIpc) is 3.49. The molecule has 0 aliphatic carbocycles. The Morgan fingerprint density at radius 2 is 1.84 bits per heavy atom. The zero-order chi connectivity index (χ0) is 35.3. The molecule has 9 nitrogen and oxygen atoms in total. The minimum atomic E-state index is -0.475. The van der Waals surface area contributed by atoms with Gasteiger partial charge in [-0.05, 0) is 90.5 Å². The molecule has 266 valence electrons. The lowest BCUT2D eigenvalue weighted by Crippen LogP contribution is -2.54. The molecule has 3 aliphatic heterocycles. The molecule has 3 fully saturated rings. The minimum absolute atomic E-state index is 0.204. The van der Waals surface area contributed by atoms with Crippen molar-refractivity contribution in [2.45, 2.75) is 118 Å². The van der Waals surface area contributed by atoms with Gasteiger partial charge in [-0.25, -0.2) is 0 Å². The molecule has 0 saturated carbocycles. The van der Waals surface area contributed by atoms with Crippen LogP contribution in [0, 0.1) is 5.41 Å². The van der Waals surface area contributed by atoms with Crippen molar-refractivity contribution in [3.63, 3.8) is 0 Å². The van der Waals surface area contributed by atoms with Gasteiger partial charge in [0.1, 0.15) is 0 Å². The number of anilines is 1. The van der Waals surface area contributed by atoms with Crippen molar-refractivity contribution >= 4 is 35.1 Å². The SMILES string of the molecule is CCn1c(-c2cc(N3CCN4CCCC[C@@H]4C3)cnc2C(C)OC)c(CC(C)(C)COC(C)=O)c2cc(B3OC(C)(C)C(C)(C)O3)ccc21. The fourth-order valence-corrected chi connectivity index (χ4v) is 7.86. The lowest BCUT2D eigenvalue weighted by molar-refractivity contribution is -0.143. The number of piperidine rings is 1. The first-order valence-corrected chi connectivity index (χ1v) is 18.3. The summed E-state index contributed by atoms with van der Waals surface area (Å²) < 4.78 is 27.0. The van der Waals surface area contributed by atoms with E-state index in [0.29, 0.717) is 19.1 Å². The molecule has 0 spiro atoms. The number of ether oxygens (including phenoxy) is 2. The second-order valence-electron chi connectivity index (χ2n) is 16.2. The Bertz CT molecular complexity index is 1670. The van der Waals surface area contributed by atoms with Crippen molar-refractivity contribution in [2.24, 2.45) is 5.41 Å². The smallest absolute Gasteiger partial charge is 0.465 e. The van der Waals surface area contributed by atoms with Gasteiger partial charge >= 0.3 is 13.1 Å². The Morgan fingerprint density at radius 1 is 1.10 bits per heavy atom. The van der Waals surface area contributed by atoms with E-state index in [9.17, 15) is 4.79 Å². The van der Waals surface area contributed by atoms with Gasteiger partial charge in [-0.2, -0.15) is 0 Å². The standard InChI is InChI=1S/C39H57BN4O5/c1-11-44-34-16-15-28(40-48-38(6,7)39(8,9)49-40)20-31(34)33(22-37(4,5)25-47-27(3)45)36(44)32-21-30(23-41-35(32)26(2)46-10)43-19-18-42-17-13-12-14-29(42)24-43/h15-16,20-21,23,26,29H,11-14,17-19,22,24-25H2,1-10H3/t26?,29-/m1/s1. The van der Waals surface area contributed by atoms with E-state index in [2.05, 4.69) is 94.0 Å². The highest BCUT2D eigenvalue weighted by atomic mass is 16.7. The summed E-state index contributed by atoms with van der Waals surface area (Å²) in [4.78, 5) is 22.3. The number of hydrogen-bond acceptors (Lipinski definition) is 8. The van der Waals surface area contributed by atoms with Crippen molar-refractivity contribution in [3.05, 3.63) is 41.7 Å². The van der Waals surface area contributed by atoms with E-state index < -0.39 is 18.3 Å². The number of rotatable bonds is 10. The Morgan fingerprint density at radius 3 is 2.51 bits per heavy atom. The van der Waals surface area contributed by atoms with Crippen molar-refractivity contribution in [1.29, 1.82) is 0 Å². The van der Waals surface area contributed by atoms with E-state index in [1.807, 2.05) is 6.20 Å². The number of aromatic nitrogens is 2. The number of carbonyl (C=O) groups excluding carboxylic acids is 1. The number of benzene rings is 1.